The number of aromatic nitrogens is 2. The Morgan fingerprint density at radius 1 is 1.13 bits per heavy atom. The van der Waals surface area contributed by atoms with E-state index < -0.39 is 0 Å². The van der Waals surface area contributed by atoms with E-state index >= 15 is 0 Å². The van der Waals surface area contributed by atoms with Crippen molar-refractivity contribution in [3.63, 3.8) is 0 Å². The number of hydrogen-bond acceptors (Lipinski definition) is 2. The van der Waals surface area contributed by atoms with Crippen molar-refractivity contribution in [1.29, 1.82) is 0 Å². The summed E-state index contributed by atoms with van der Waals surface area (Å²) in [5, 5.41) is 0. The van der Waals surface area contributed by atoms with Gasteiger partial charge in [0.2, 0.25) is 0 Å². The van der Waals surface area contributed by atoms with E-state index in [1.807, 2.05) is 27.7 Å². The Morgan fingerprint density at radius 2 is 1.73 bits per heavy atom. The Kier molecular flexibility index (Phi) is 6.84. The van der Waals surface area contributed by atoms with Crippen molar-refractivity contribution in [3.8, 4) is 0 Å². The van der Waals surface area contributed by atoms with Gasteiger partial charge in [0.25, 0.3) is 0 Å². The highest BCUT2D eigenvalue weighted by Crippen LogP contribution is 2.12. The number of aryl methyl sites for hydroxylation is 2. The molecule has 3 heteroatoms. The predicted molar refractivity (Wildman–Crippen MR) is 66.9 cm³/mol. The third kappa shape index (κ3) is 3.26. The first-order valence-corrected chi connectivity index (χ1v) is 6.08. The summed E-state index contributed by atoms with van der Waals surface area (Å²) in [6.07, 6.45) is 2.32. The third-order valence-electron chi connectivity index (χ3n) is 2.26. The molecule has 0 saturated carbocycles. The molecule has 1 aromatic rings. The van der Waals surface area contributed by atoms with Crippen LogP contribution in [0, 0.1) is 13.8 Å². The van der Waals surface area contributed by atoms with Crippen molar-refractivity contribution in [3.05, 3.63) is 17.2 Å². The molecule has 0 aromatic carbocycles. The average molecular weight is 211 g/mol. The van der Waals surface area contributed by atoms with Crippen LogP contribution < -0.4 is 5.43 Å². The SMILES string of the molecule is CC.CC.Cc1nc2n(c1C)NCCC2. The molecule has 0 saturated heterocycles. The molecule has 88 valence electrons. The topological polar surface area (TPSA) is 29.9 Å². The van der Waals surface area contributed by atoms with Crippen LogP contribution >= 0.6 is 0 Å². The van der Waals surface area contributed by atoms with Crippen LogP contribution in [-0.4, -0.2) is 16.2 Å². The van der Waals surface area contributed by atoms with Crippen molar-refractivity contribution >= 4 is 0 Å². The zero-order valence-corrected chi connectivity index (χ0v) is 11.0. The summed E-state index contributed by atoms with van der Waals surface area (Å²) in [7, 11) is 0. The maximum absolute atomic E-state index is 4.45. The van der Waals surface area contributed by atoms with Crippen LogP contribution in [0.2, 0.25) is 0 Å². The van der Waals surface area contributed by atoms with Crippen LogP contribution in [0.5, 0.6) is 0 Å². The number of hydrogen-bond donors (Lipinski definition) is 1. The van der Waals surface area contributed by atoms with Gasteiger partial charge in [-0.25, -0.2) is 9.66 Å². The molecule has 0 fully saturated rings. The highest BCUT2D eigenvalue weighted by molar-refractivity contribution is 5.17. The van der Waals surface area contributed by atoms with Crippen molar-refractivity contribution in [2.45, 2.75) is 54.4 Å². The van der Waals surface area contributed by atoms with Gasteiger partial charge in [0.1, 0.15) is 5.82 Å². The lowest BCUT2D eigenvalue weighted by atomic mass is 10.3. The summed E-state index contributed by atoms with van der Waals surface area (Å²) in [6.45, 7) is 13.2. The first-order chi connectivity index (χ1) is 7.29. The van der Waals surface area contributed by atoms with E-state index in [1.165, 1.54) is 17.9 Å². The predicted octanol–water partition coefficient (Wildman–Crippen LogP) is 3.04. The van der Waals surface area contributed by atoms with Crippen LogP contribution in [-0.2, 0) is 6.42 Å². The van der Waals surface area contributed by atoms with Crippen LogP contribution in [0.25, 0.3) is 0 Å². The zero-order chi connectivity index (χ0) is 11.8. The number of imidazole rings is 1. The minimum absolute atomic E-state index is 1.07. The monoisotopic (exact) mass is 211 g/mol. The molecule has 2 heterocycles. The molecule has 1 N–H and O–H groups in total. The van der Waals surface area contributed by atoms with E-state index in [2.05, 4.69) is 28.9 Å². The number of nitrogens with one attached hydrogen (secondary N) is 1. The van der Waals surface area contributed by atoms with Crippen LogP contribution in [0.15, 0.2) is 0 Å². The zero-order valence-electron chi connectivity index (χ0n) is 11.0. The van der Waals surface area contributed by atoms with E-state index in [0.29, 0.717) is 0 Å². The lowest BCUT2D eigenvalue weighted by Crippen LogP contribution is -2.25. The molecular weight excluding hydrogens is 186 g/mol. The molecule has 0 unspecified atom stereocenters. The normalized spacial score (nSPS) is 12.4. The van der Waals surface area contributed by atoms with Crippen LogP contribution in [0.3, 0.4) is 0 Å². The highest BCUT2D eigenvalue weighted by Gasteiger charge is 2.13. The van der Waals surface area contributed by atoms with Crippen LogP contribution in [0.4, 0.5) is 0 Å². The fraction of sp³-hybridized carbons (Fsp3) is 0.750. The Labute approximate surface area is 93.9 Å². The largest absolute Gasteiger partial charge is 0.324 e. The van der Waals surface area contributed by atoms with E-state index in [0.717, 1.165) is 18.7 Å². The van der Waals surface area contributed by atoms with E-state index in [1.54, 1.807) is 0 Å². The molecule has 15 heavy (non-hydrogen) atoms. The highest BCUT2D eigenvalue weighted by atomic mass is 15.4. The quantitative estimate of drug-likeness (QED) is 0.715. The molecule has 0 aliphatic carbocycles. The van der Waals surface area contributed by atoms with Gasteiger partial charge >= 0.3 is 0 Å². The first-order valence-electron chi connectivity index (χ1n) is 6.08. The molecule has 3 nitrogen and oxygen atoms in total. The minimum Gasteiger partial charge on any atom is -0.324 e. The summed E-state index contributed by atoms with van der Waals surface area (Å²) >= 11 is 0. The number of fused-ring (bicyclic) bond motifs is 1. The van der Waals surface area contributed by atoms with Gasteiger partial charge in [-0.1, -0.05) is 27.7 Å². The molecule has 0 radical (unpaired) electrons. The van der Waals surface area contributed by atoms with Crippen molar-refractivity contribution in [2.24, 2.45) is 0 Å². The third-order valence-corrected chi connectivity index (χ3v) is 2.26. The maximum atomic E-state index is 4.45. The Morgan fingerprint density at radius 3 is 2.27 bits per heavy atom. The van der Waals surface area contributed by atoms with E-state index in [9.17, 15) is 0 Å². The summed E-state index contributed by atoms with van der Waals surface area (Å²) in [5.74, 6) is 1.19. The minimum atomic E-state index is 1.07. The lowest BCUT2D eigenvalue weighted by molar-refractivity contribution is 0.638. The fourth-order valence-corrected chi connectivity index (χ4v) is 1.49. The molecule has 2 rings (SSSR count). The standard InChI is InChI=1S/C8H13N3.2C2H6/c1-6-7(2)11-8(10-6)4-3-5-9-11;2*1-2/h9H,3-5H2,1-2H3;2*1-2H3. The van der Waals surface area contributed by atoms with E-state index in [-0.39, 0.29) is 0 Å². The van der Waals surface area contributed by atoms with Gasteiger partial charge < -0.3 is 5.43 Å². The number of nitrogens with zero attached hydrogens (tertiary/aromatic N) is 2. The van der Waals surface area contributed by atoms with Gasteiger partial charge in [0, 0.05) is 13.0 Å². The fourth-order valence-electron chi connectivity index (χ4n) is 1.49. The summed E-state index contributed by atoms with van der Waals surface area (Å²) < 4.78 is 2.11. The van der Waals surface area contributed by atoms with E-state index in [4.69, 9.17) is 0 Å². The van der Waals surface area contributed by atoms with Gasteiger partial charge in [-0.3, -0.25) is 0 Å². The second-order valence-electron chi connectivity index (χ2n) is 3.05. The molecule has 0 amide bonds. The Hall–Kier alpha value is -0.990. The Bertz CT molecular complexity index is 277. The summed E-state index contributed by atoms with van der Waals surface area (Å²) in [4.78, 5) is 4.45. The van der Waals surface area contributed by atoms with Gasteiger partial charge in [0.15, 0.2) is 0 Å². The molecular formula is C12H25N3. The molecule has 0 bridgehead atoms. The van der Waals surface area contributed by atoms with Gasteiger partial charge in [0.05, 0.1) is 11.4 Å². The summed E-state index contributed by atoms with van der Waals surface area (Å²) in [5.41, 5.74) is 5.70. The van der Waals surface area contributed by atoms with Crippen LogP contribution in [0.1, 0.15) is 51.3 Å². The van der Waals surface area contributed by atoms with Gasteiger partial charge in [-0.15, -0.1) is 0 Å². The van der Waals surface area contributed by atoms with Crippen molar-refractivity contribution in [2.75, 3.05) is 12.0 Å². The molecule has 1 aromatic heterocycles. The molecule has 1 aliphatic rings. The molecule has 0 spiro atoms. The molecule has 0 atom stereocenters. The number of rotatable bonds is 0. The smallest absolute Gasteiger partial charge is 0.127 e. The van der Waals surface area contributed by atoms with Crippen molar-refractivity contribution in [1.82, 2.24) is 9.66 Å². The van der Waals surface area contributed by atoms with Gasteiger partial charge in [-0.05, 0) is 20.3 Å². The van der Waals surface area contributed by atoms with Gasteiger partial charge in [-0.2, -0.15) is 0 Å². The second kappa shape index (κ2) is 7.32. The maximum Gasteiger partial charge on any atom is 0.127 e. The second-order valence-corrected chi connectivity index (χ2v) is 3.05. The Balaban J connectivity index is 0.000000442. The average Bonchev–Trinajstić information content (AvgIpc) is 2.61. The lowest BCUT2D eigenvalue weighted by Gasteiger charge is -2.17. The first kappa shape index (κ1) is 14.0. The van der Waals surface area contributed by atoms with Crippen molar-refractivity contribution < 1.29 is 0 Å². The molecule has 1 aliphatic heterocycles. The summed E-state index contributed by atoms with van der Waals surface area (Å²) in [6, 6.07) is 0.